The predicted octanol–water partition coefficient (Wildman–Crippen LogP) is 5.79. The SMILES string of the molecule is CCc1cc2ccc(OC(F)F)c(COc3cccc(C)c3C)c2o1. The van der Waals surface area contributed by atoms with Crippen molar-refractivity contribution in [2.45, 2.75) is 40.4 Å². The molecule has 0 fully saturated rings. The van der Waals surface area contributed by atoms with Crippen LogP contribution >= 0.6 is 0 Å². The topological polar surface area (TPSA) is 31.6 Å². The minimum absolute atomic E-state index is 0.0739. The van der Waals surface area contributed by atoms with Crippen LogP contribution in [0.15, 0.2) is 40.8 Å². The molecule has 0 radical (unpaired) electrons. The zero-order valence-electron chi connectivity index (χ0n) is 14.4. The molecule has 3 rings (SSSR count). The van der Waals surface area contributed by atoms with E-state index in [1.165, 1.54) is 6.07 Å². The van der Waals surface area contributed by atoms with Crippen molar-refractivity contribution in [3.05, 3.63) is 58.8 Å². The van der Waals surface area contributed by atoms with Gasteiger partial charge in [0.1, 0.15) is 29.4 Å². The molecular formula is C20H20F2O3. The molecule has 5 heteroatoms. The zero-order chi connectivity index (χ0) is 18.0. The Morgan fingerprint density at radius 3 is 2.60 bits per heavy atom. The number of aryl methyl sites for hydroxylation is 2. The van der Waals surface area contributed by atoms with Gasteiger partial charge in [0.15, 0.2) is 0 Å². The molecule has 0 aliphatic carbocycles. The quantitative estimate of drug-likeness (QED) is 0.566. The van der Waals surface area contributed by atoms with Gasteiger partial charge in [-0.3, -0.25) is 0 Å². The van der Waals surface area contributed by atoms with E-state index >= 15 is 0 Å². The van der Waals surface area contributed by atoms with Crippen molar-refractivity contribution in [1.29, 1.82) is 0 Å². The lowest BCUT2D eigenvalue weighted by Crippen LogP contribution is -2.07. The van der Waals surface area contributed by atoms with Gasteiger partial charge in [0.05, 0.1) is 5.56 Å². The molecule has 1 heterocycles. The van der Waals surface area contributed by atoms with Crippen molar-refractivity contribution in [3.63, 3.8) is 0 Å². The molecule has 0 saturated carbocycles. The fourth-order valence-electron chi connectivity index (χ4n) is 2.74. The minimum Gasteiger partial charge on any atom is -0.488 e. The molecule has 0 atom stereocenters. The van der Waals surface area contributed by atoms with Crippen LogP contribution < -0.4 is 9.47 Å². The van der Waals surface area contributed by atoms with Crippen LogP contribution in [0.1, 0.15) is 29.4 Å². The second kappa shape index (κ2) is 7.13. The third-order valence-electron chi connectivity index (χ3n) is 4.29. The standard InChI is InChI=1S/C20H20F2O3/c1-4-15-10-14-8-9-18(25-20(21)22)16(19(14)24-15)11-23-17-7-5-6-12(2)13(17)3/h5-10,20H,4,11H2,1-3H3. The summed E-state index contributed by atoms with van der Waals surface area (Å²) >= 11 is 0. The van der Waals surface area contributed by atoms with E-state index in [1.54, 1.807) is 6.07 Å². The van der Waals surface area contributed by atoms with Crippen molar-refractivity contribution in [2.24, 2.45) is 0 Å². The first-order chi connectivity index (χ1) is 12.0. The maximum absolute atomic E-state index is 12.8. The maximum atomic E-state index is 12.8. The van der Waals surface area contributed by atoms with E-state index in [0.717, 1.165) is 28.7 Å². The lowest BCUT2D eigenvalue weighted by Gasteiger charge is -2.14. The first kappa shape index (κ1) is 17.3. The molecule has 1 aromatic heterocycles. The van der Waals surface area contributed by atoms with E-state index in [4.69, 9.17) is 9.15 Å². The number of halogens is 2. The summed E-state index contributed by atoms with van der Waals surface area (Å²) in [5, 5.41) is 0.845. The Morgan fingerprint density at radius 1 is 1.08 bits per heavy atom. The molecule has 0 spiro atoms. The van der Waals surface area contributed by atoms with Gasteiger partial charge >= 0.3 is 6.61 Å². The van der Waals surface area contributed by atoms with Crippen LogP contribution in [-0.2, 0) is 13.0 Å². The number of fused-ring (bicyclic) bond motifs is 1. The summed E-state index contributed by atoms with van der Waals surface area (Å²) in [6, 6.07) is 10.9. The number of furan rings is 1. The van der Waals surface area contributed by atoms with Crippen LogP contribution in [-0.4, -0.2) is 6.61 Å². The lowest BCUT2D eigenvalue weighted by molar-refractivity contribution is -0.0507. The van der Waals surface area contributed by atoms with Gasteiger partial charge in [-0.05, 0) is 49.2 Å². The second-order valence-electron chi connectivity index (χ2n) is 5.89. The summed E-state index contributed by atoms with van der Waals surface area (Å²) in [6.07, 6.45) is 0.719. The summed E-state index contributed by atoms with van der Waals surface area (Å²) < 4.78 is 41.9. The molecule has 0 saturated heterocycles. The maximum Gasteiger partial charge on any atom is 0.387 e. The first-order valence-corrected chi connectivity index (χ1v) is 8.17. The van der Waals surface area contributed by atoms with Crippen LogP contribution in [0, 0.1) is 13.8 Å². The Kier molecular flexibility index (Phi) is 4.93. The van der Waals surface area contributed by atoms with Gasteiger partial charge in [-0.1, -0.05) is 19.1 Å². The number of alkyl halides is 2. The molecule has 2 aromatic carbocycles. The minimum atomic E-state index is -2.91. The van der Waals surface area contributed by atoms with Gasteiger partial charge in [0.25, 0.3) is 0 Å². The zero-order valence-corrected chi connectivity index (χ0v) is 14.4. The fourth-order valence-corrected chi connectivity index (χ4v) is 2.74. The van der Waals surface area contributed by atoms with E-state index in [1.807, 2.05) is 45.0 Å². The molecule has 132 valence electrons. The summed E-state index contributed by atoms with van der Waals surface area (Å²) in [6.45, 7) is 3.11. The van der Waals surface area contributed by atoms with Crippen molar-refractivity contribution in [1.82, 2.24) is 0 Å². The average Bonchev–Trinajstić information content (AvgIpc) is 3.00. The molecular weight excluding hydrogens is 326 g/mol. The molecule has 0 aliphatic heterocycles. The van der Waals surface area contributed by atoms with Crippen molar-refractivity contribution >= 4 is 11.0 Å². The normalized spacial score (nSPS) is 11.3. The van der Waals surface area contributed by atoms with E-state index < -0.39 is 6.61 Å². The third kappa shape index (κ3) is 3.60. The number of hydrogen-bond donors (Lipinski definition) is 0. The highest BCUT2D eigenvalue weighted by Crippen LogP contribution is 2.33. The molecule has 0 aliphatic rings. The van der Waals surface area contributed by atoms with E-state index in [0.29, 0.717) is 16.9 Å². The van der Waals surface area contributed by atoms with Crippen molar-refractivity contribution in [2.75, 3.05) is 0 Å². The Morgan fingerprint density at radius 2 is 1.88 bits per heavy atom. The smallest absolute Gasteiger partial charge is 0.387 e. The summed E-state index contributed by atoms with van der Waals surface area (Å²) in [7, 11) is 0. The Bertz CT molecular complexity index is 884. The number of rotatable bonds is 6. The van der Waals surface area contributed by atoms with Crippen LogP contribution in [0.25, 0.3) is 11.0 Å². The highest BCUT2D eigenvalue weighted by atomic mass is 19.3. The van der Waals surface area contributed by atoms with E-state index in [9.17, 15) is 8.78 Å². The summed E-state index contributed by atoms with van der Waals surface area (Å²) in [5.74, 6) is 1.57. The Labute approximate surface area is 145 Å². The first-order valence-electron chi connectivity index (χ1n) is 8.17. The summed E-state index contributed by atoms with van der Waals surface area (Å²) in [5.41, 5.74) is 3.13. The van der Waals surface area contributed by atoms with Crippen LogP contribution in [0.3, 0.4) is 0 Å². The monoisotopic (exact) mass is 346 g/mol. The summed E-state index contributed by atoms with van der Waals surface area (Å²) in [4.78, 5) is 0. The van der Waals surface area contributed by atoms with Gasteiger partial charge in [-0.25, -0.2) is 0 Å². The number of hydrogen-bond acceptors (Lipinski definition) is 3. The van der Waals surface area contributed by atoms with Gasteiger partial charge in [-0.2, -0.15) is 8.78 Å². The highest BCUT2D eigenvalue weighted by Gasteiger charge is 2.17. The number of benzene rings is 2. The van der Waals surface area contributed by atoms with Crippen LogP contribution in [0.2, 0.25) is 0 Å². The van der Waals surface area contributed by atoms with E-state index in [2.05, 4.69) is 4.74 Å². The Balaban J connectivity index is 1.99. The molecule has 0 N–H and O–H groups in total. The van der Waals surface area contributed by atoms with Gasteiger partial charge in [0.2, 0.25) is 0 Å². The second-order valence-corrected chi connectivity index (χ2v) is 5.89. The van der Waals surface area contributed by atoms with E-state index in [-0.39, 0.29) is 12.4 Å². The molecule has 0 bridgehead atoms. The van der Waals surface area contributed by atoms with Crippen LogP contribution in [0.4, 0.5) is 8.78 Å². The molecule has 3 nitrogen and oxygen atoms in total. The fraction of sp³-hybridized carbons (Fsp3) is 0.300. The average molecular weight is 346 g/mol. The largest absolute Gasteiger partial charge is 0.488 e. The van der Waals surface area contributed by atoms with Crippen LogP contribution in [0.5, 0.6) is 11.5 Å². The molecule has 0 unspecified atom stereocenters. The molecule has 25 heavy (non-hydrogen) atoms. The number of ether oxygens (including phenoxy) is 2. The Hall–Kier alpha value is -2.56. The van der Waals surface area contributed by atoms with Gasteiger partial charge < -0.3 is 13.9 Å². The highest BCUT2D eigenvalue weighted by molar-refractivity contribution is 5.83. The van der Waals surface area contributed by atoms with Crippen molar-refractivity contribution in [3.8, 4) is 11.5 Å². The third-order valence-corrected chi connectivity index (χ3v) is 4.29. The lowest BCUT2D eigenvalue weighted by atomic mass is 10.1. The van der Waals surface area contributed by atoms with Gasteiger partial charge in [0, 0.05) is 11.8 Å². The van der Waals surface area contributed by atoms with Crippen molar-refractivity contribution < 1.29 is 22.7 Å². The molecule has 3 aromatic rings. The van der Waals surface area contributed by atoms with Gasteiger partial charge in [-0.15, -0.1) is 0 Å². The molecule has 0 amide bonds. The predicted molar refractivity (Wildman–Crippen MR) is 92.5 cm³/mol.